The van der Waals surface area contributed by atoms with E-state index in [1.54, 1.807) is 7.11 Å². The second kappa shape index (κ2) is 16.7. The molecule has 39 heavy (non-hydrogen) atoms. The number of methoxy groups -OCH3 is 1. The van der Waals surface area contributed by atoms with Crippen LogP contribution in [-0.2, 0) is 32.1 Å². The number of benzene rings is 1. The zero-order valence-corrected chi connectivity index (χ0v) is 24.1. The normalized spacial score (nSPS) is 19.2. The molecule has 220 valence electrons. The molecule has 0 heterocycles. The second-order valence-electron chi connectivity index (χ2n) is 11.0. The molecule has 0 aliphatic heterocycles. The fourth-order valence-electron chi connectivity index (χ4n) is 4.09. The lowest BCUT2D eigenvalue weighted by Gasteiger charge is -2.34. The summed E-state index contributed by atoms with van der Waals surface area (Å²) in [5.74, 6) is -3.44. The van der Waals surface area contributed by atoms with E-state index in [4.69, 9.17) is 19.0 Å². The first-order valence-electron chi connectivity index (χ1n) is 13.8. The van der Waals surface area contributed by atoms with Crippen LogP contribution in [0.15, 0.2) is 48.3 Å². The van der Waals surface area contributed by atoms with E-state index in [0.29, 0.717) is 13.0 Å². The Morgan fingerprint density at radius 2 is 1.77 bits per heavy atom. The molecule has 7 nitrogen and oxygen atoms in total. The van der Waals surface area contributed by atoms with Crippen molar-refractivity contribution in [2.24, 2.45) is 5.41 Å². The minimum Gasteiger partial charge on any atom is -0.382 e. The first-order valence-corrected chi connectivity index (χ1v) is 13.8. The van der Waals surface area contributed by atoms with Crippen molar-refractivity contribution >= 4 is 6.03 Å². The fourth-order valence-corrected chi connectivity index (χ4v) is 4.09. The maximum atomic E-state index is 16.0. The number of halogens is 2. The molecule has 2 unspecified atom stereocenters. The number of allylic oxidation sites excluding steroid dienone is 2. The average Bonchev–Trinajstić information content (AvgIpc) is 2.88. The first-order chi connectivity index (χ1) is 18.6. The van der Waals surface area contributed by atoms with Gasteiger partial charge in [-0.05, 0) is 41.5 Å². The Morgan fingerprint density at radius 1 is 1.08 bits per heavy atom. The van der Waals surface area contributed by atoms with Crippen LogP contribution in [0.2, 0.25) is 0 Å². The van der Waals surface area contributed by atoms with Crippen molar-refractivity contribution in [3.8, 4) is 0 Å². The zero-order valence-electron chi connectivity index (χ0n) is 24.1. The van der Waals surface area contributed by atoms with Crippen LogP contribution in [0.25, 0.3) is 0 Å². The van der Waals surface area contributed by atoms with Gasteiger partial charge in [0.05, 0.1) is 26.4 Å². The molecule has 0 fully saturated rings. The summed E-state index contributed by atoms with van der Waals surface area (Å²) in [5, 5.41) is 3.48. The lowest BCUT2D eigenvalue weighted by atomic mass is 9.88. The Bertz CT molecular complexity index is 903. The Morgan fingerprint density at radius 3 is 2.44 bits per heavy atom. The molecule has 0 bridgehead atoms. The highest BCUT2D eigenvalue weighted by Crippen LogP contribution is 2.31. The highest BCUT2D eigenvalue weighted by molar-refractivity contribution is 5.74. The average molecular weight is 553 g/mol. The van der Waals surface area contributed by atoms with Gasteiger partial charge in [0.2, 0.25) is 0 Å². The van der Waals surface area contributed by atoms with Gasteiger partial charge in [-0.25, -0.2) is 23.5 Å². The summed E-state index contributed by atoms with van der Waals surface area (Å²) < 4.78 is 46.6. The standard InChI is InChI=1S/C30H46F2N2O5/c1-6-7-8-9-10-18-34(39-23-37-20-19-36-5)28(35)33-27-26(31)12-11-17-30(27,32)38-22-25-15-13-24(14-16-25)21-29(2,3)4/h11-17,27H,6-10,18-23H2,1-5H3,(H,33,35). The number of rotatable bonds is 17. The number of hydrogen-bond acceptors (Lipinski definition) is 5. The van der Waals surface area contributed by atoms with E-state index in [9.17, 15) is 9.18 Å². The van der Waals surface area contributed by atoms with E-state index < -0.39 is 23.8 Å². The summed E-state index contributed by atoms with van der Waals surface area (Å²) >= 11 is 0. The third-order valence-corrected chi connectivity index (χ3v) is 6.15. The van der Waals surface area contributed by atoms with Gasteiger partial charge < -0.3 is 19.5 Å². The molecule has 0 saturated heterocycles. The minimum absolute atomic E-state index is 0.0960. The topological polar surface area (TPSA) is 69.3 Å². The van der Waals surface area contributed by atoms with Gasteiger partial charge in [0, 0.05) is 7.11 Å². The molecule has 9 heteroatoms. The molecule has 1 aromatic carbocycles. The van der Waals surface area contributed by atoms with Crippen LogP contribution in [-0.4, -0.2) is 56.7 Å². The van der Waals surface area contributed by atoms with Crippen LogP contribution in [0.4, 0.5) is 13.6 Å². The summed E-state index contributed by atoms with van der Waals surface area (Å²) in [6.07, 6.45) is 9.16. The predicted octanol–water partition coefficient (Wildman–Crippen LogP) is 6.78. The minimum atomic E-state index is -2.58. The Labute approximate surface area is 232 Å². The van der Waals surface area contributed by atoms with Gasteiger partial charge in [0.15, 0.2) is 6.79 Å². The van der Waals surface area contributed by atoms with Gasteiger partial charge in [-0.2, -0.15) is 0 Å². The number of alkyl halides is 1. The maximum absolute atomic E-state index is 16.0. The molecular weight excluding hydrogens is 506 g/mol. The lowest BCUT2D eigenvalue weighted by Crippen LogP contribution is -2.55. The van der Waals surface area contributed by atoms with Gasteiger partial charge >= 0.3 is 6.03 Å². The molecule has 0 saturated carbocycles. The van der Waals surface area contributed by atoms with Crippen LogP contribution in [0.3, 0.4) is 0 Å². The van der Waals surface area contributed by atoms with Crippen molar-refractivity contribution in [2.45, 2.75) is 84.7 Å². The van der Waals surface area contributed by atoms with Gasteiger partial charge in [0.25, 0.3) is 5.85 Å². The first kappa shape index (κ1) is 32.9. The van der Waals surface area contributed by atoms with Crippen LogP contribution < -0.4 is 5.32 Å². The van der Waals surface area contributed by atoms with Crippen LogP contribution >= 0.6 is 0 Å². The molecule has 2 atom stereocenters. The maximum Gasteiger partial charge on any atom is 0.342 e. The van der Waals surface area contributed by atoms with E-state index in [2.05, 4.69) is 33.0 Å². The monoisotopic (exact) mass is 552 g/mol. The lowest BCUT2D eigenvalue weighted by molar-refractivity contribution is -0.198. The number of nitrogens with zero attached hydrogens (tertiary/aromatic N) is 1. The van der Waals surface area contributed by atoms with Gasteiger partial charge in [-0.3, -0.25) is 0 Å². The molecule has 2 rings (SSSR count). The van der Waals surface area contributed by atoms with Crippen LogP contribution in [0.1, 0.15) is 70.9 Å². The van der Waals surface area contributed by atoms with E-state index in [1.165, 1.54) is 11.6 Å². The largest absolute Gasteiger partial charge is 0.382 e. The van der Waals surface area contributed by atoms with Crippen molar-refractivity contribution in [3.05, 3.63) is 59.4 Å². The SMILES string of the molecule is CCCCCCCN(OCOCCOC)C(=O)NC1C(F)=CC=CC1(F)OCc1ccc(CC(C)(C)C)cc1. The number of nitrogens with one attached hydrogen (secondary N) is 1. The number of amides is 2. The second-order valence-corrected chi connectivity index (χ2v) is 11.0. The van der Waals surface area contributed by atoms with Crippen molar-refractivity contribution in [3.63, 3.8) is 0 Å². The Hall–Kier alpha value is -2.33. The summed E-state index contributed by atoms with van der Waals surface area (Å²) in [6.45, 7) is 9.22. The van der Waals surface area contributed by atoms with Crippen molar-refractivity contribution in [1.82, 2.24) is 10.4 Å². The van der Waals surface area contributed by atoms with Gasteiger partial charge in [-0.15, -0.1) is 0 Å². The van der Waals surface area contributed by atoms with E-state index >= 15 is 4.39 Å². The fraction of sp³-hybridized carbons (Fsp3) is 0.633. The quantitative estimate of drug-likeness (QED) is 0.131. The van der Waals surface area contributed by atoms with E-state index in [-0.39, 0.29) is 32.0 Å². The van der Waals surface area contributed by atoms with Gasteiger partial charge in [-0.1, -0.05) is 83.7 Å². The smallest absolute Gasteiger partial charge is 0.342 e. The Kier molecular flexibility index (Phi) is 14.1. The van der Waals surface area contributed by atoms with Crippen molar-refractivity contribution in [2.75, 3.05) is 33.7 Å². The molecule has 2 amide bonds. The molecule has 1 N–H and O–H groups in total. The predicted molar refractivity (Wildman–Crippen MR) is 148 cm³/mol. The molecule has 0 radical (unpaired) electrons. The molecule has 0 spiro atoms. The highest BCUT2D eigenvalue weighted by atomic mass is 19.2. The highest BCUT2D eigenvalue weighted by Gasteiger charge is 2.44. The number of urea groups is 1. The number of carbonyl (C=O) groups excluding carboxylic acids is 1. The third kappa shape index (κ3) is 12.2. The molecule has 0 aromatic heterocycles. The van der Waals surface area contributed by atoms with E-state index in [0.717, 1.165) is 54.9 Å². The molecular formula is C30H46F2N2O5. The number of ether oxygens (including phenoxy) is 3. The van der Waals surface area contributed by atoms with Crippen molar-refractivity contribution in [1.29, 1.82) is 0 Å². The van der Waals surface area contributed by atoms with Crippen LogP contribution in [0.5, 0.6) is 0 Å². The molecule has 1 aromatic rings. The van der Waals surface area contributed by atoms with Gasteiger partial charge in [0.1, 0.15) is 11.9 Å². The van der Waals surface area contributed by atoms with Crippen LogP contribution in [0, 0.1) is 5.41 Å². The number of hydroxylamine groups is 2. The summed E-state index contributed by atoms with van der Waals surface area (Å²) in [6, 6.07) is 5.26. The molecule has 1 aliphatic carbocycles. The zero-order chi connectivity index (χ0) is 28.7. The summed E-state index contributed by atoms with van der Waals surface area (Å²) in [7, 11) is 1.55. The summed E-state index contributed by atoms with van der Waals surface area (Å²) in [4.78, 5) is 18.6. The van der Waals surface area contributed by atoms with Crippen molar-refractivity contribution < 1.29 is 32.6 Å². The summed E-state index contributed by atoms with van der Waals surface area (Å²) in [5.41, 5.74) is 2.05. The van der Waals surface area contributed by atoms with E-state index in [1.807, 2.05) is 24.3 Å². The number of hydrogen-bond donors (Lipinski definition) is 1. The Balaban J connectivity index is 2.03. The number of unbranched alkanes of at least 4 members (excludes halogenated alkanes) is 4. The molecule has 1 aliphatic rings. The number of carbonyl (C=O) groups is 1. The third-order valence-electron chi connectivity index (χ3n) is 6.15.